The summed E-state index contributed by atoms with van der Waals surface area (Å²) < 4.78 is 4.56. The molecule has 0 radical (unpaired) electrons. The maximum Gasteiger partial charge on any atom is 0.332 e. The molecule has 1 aromatic carbocycles. The fourth-order valence-electron chi connectivity index (χ4n) is 2.95. The standard InChI is InChI=1S/C20H26N4O2S/c1-13(2)10-11-27-19-21-17-16(18(25)23(5)20(26)22(17)4)24(19)12-15-8-6-14(3)7-9-15/h6-9,13H,10-12H2,1-5H3. The summed E-state index contributed by atoms with van der Waals surface area (Å²) in [6.07, 6.45) is 1.06. The molecule has 2 aromatic heterocycles. The van der Waals surface area contributed by atoms with E-state index in [1.807, 2.05) is 4.57 Å². The first kappa shape index (κ1) is 19.5. The van der Waals surface area contributed by atoms with Crippen molar-refractivity contribution in [2.24, 2.45) is 20.0 Å². The third-order valence-electron chi connectivity index (χ3n) is 4.70. The van der Waals surface area contributed by atoms with Gasteiger partial charge >= 0.3 is 5.69 Å². The molecule has 0 atom stereocenters. The summed E-state index contributed by atoms with van der Waals surface area (Å²) in [5.74, 6) is 1.52. The quantitative estimate of drug-likeness (QED) is 0.611. The molecule has 3 rings (SSSR count). The Balaban J connectivity index is 2.15. The Kier molecular flexibility index (Phi) is 5.60. The molecule has 0 fully saturated rings. The van der Waals surface area contributed by atoms with E-state index in [0.29, 0.717) is 23.6 Å². The van der Waals surface area contributed by atoms with Gasteiger partial charge in [-0.1, -0.05) is 55.4 Å². The topological polar surface area (TPSA) is 61.8 Å². The molecule has 0 N–H and O–H groups in total. The Morgan fingerprint density at radius 1 is 1.07 bits per heavy atom. The molecule has 0 aliphatic heterocycles. The normalized spacial score (nSPS) is 11.6. The minimum Gasteiger partial charge on any atom is -0.309 e. The highest BCUT2D eigenvalue weighted by Crippen LogP contribution is 2.24. The molecule has 0 unspecified atom stereocenters. The molecule has 0 saturated heterocycles. The molecule has 2 heterocycles. The summed E-state index contributed by atoms with van der Waals surface area (Å²) in [7, 11) is 3.18. The van der Waals surface area contributed by atoms with Gasteiger partial charge in [0.15, 0.2) is 16.3 Å². The molecule has 27 heavy (non-hydrogen) atoms. The first-order valence-electron chi connectivity index (χ1n) is 9.14. The number of aromatic nitrogens is 4. The van der Waals surface area contributed by atoms with Crippen molar-refractivity contribution < 1.29 is 0 Å². The van der Waals surface area contributed by atoms with Crippen LogP contribution < -0.4 is 11.2 Å². The second kappa shape index (κ2) is 7.76. The molecular weight excluding hydrogens is 360 g/mol. The number of nitrogens with zero attached hydrogens (tertiary/aromatic N) is 4. The highest BCUT2D eigenvalue weighted by atomic mass is 32.2. The zero-order chi connectivity index (χ0) is 19.7. The summed E-state index contributed by atoms with van der Waals surface area (Å²) >= 11 is 1.64. The van der Waals surface area contributed by atoms with Crippen LogP contribution in [0.3, 0.4) is 0 Å². The van der Waals surface area contributed by atoms with Gasteiger partial charge in [0, 0.05) is 19.8 Å². The smallest absolute Gasteiger partial charge is 0.309 e. The molecule has 6 nitrogen and oxygen atoms in total. The number of imidazole rings is 1. The van der Waals surface area contributed by atoms with E-state index in [1.165, 1.54) is 17.2 Å². The average molecular weight is 387 g/mol. The summed E-state index contributed by atoms with van der Waals surface area (Å²) in [5.41, 5.74) is 2.56. The van der Waals surface area contributed by atoms with Crippen molar-refractivity contribution in [3.63, 3.8) is 0 Å². The van der Waals surface area contributed by atoms with Crippen molar-refractivity contribution in [1.29, 1.82) is 0 Å². The molecule has 0 saturated carbocycles. The molecule has 0 spiro atoms. The molecule has 0 aliphatic carbocycles. The van der Waals surface area contributed by atoms with Gasteiger partial charge in [-0.05, 0) is 24.8 Å². The van der Waals surface area contributed by atoms with Crippen molar-refractivity contribution >= 4 is 22.9 Å². The van der Waals surface area contributed by atoms with Crippen molar-refractivity contribution in [1.82, 2.24) is 18.7 Å². The lowest BCUT2D eigenvalue weighted by molar-refractivity contribution is 0.630. The molecule has 0 aliphatic rings. The maximum absolute atomic E-state index is 12.8. The first-order chi connectivity index (χ1) is 12.8. The van der Waals surface area contributed by atoms with Gasteiger partial charge in [0.2, 0.25) is 0 Å². The van der Waals surface area contributed by atoms with Gasteiger partial charge in [0.05, 0.1) is 6.54 Å². The predicted molar refractivity (Wildman–Crippen MR) is 111 cm³/mol. The van der Waals surface area contributed by atoms with Gasteiger partial charge in [0.25, 0.3) is 5.56 Å². The highest BCUT2D eigenvalue weighted by molar-refractivity contribution is 7.99. The highest BCUT2D eigenvalue weighted by Gasteiger charge is 2.19. The van der Waals surface area contributed by atoms with Crippen molar-refractivity contribution in [3.8, 4) is 0 Å². The van der Waals surface area contributed by atoms with Crippen LogP contribution in [0, 0.1) is 12.8 Å². The van der Waals surface area contributed by atoms with E-state index in [1.54, 1.807) is 18.8 Å². The first-order valence-corrected chi connectivity index (χ1v) is 10.1. The minimum absolute atomic E-state index is 0.302. The number of rotatable bonds is 6. The van der Waals surface area contributed by atoms with Crippen LogP contribution >= 0.6 is 11.8 Å². The van der Waals surface area contributed by atoms with E-state index >= 15 is 0 Å². The van der Waals surface area contributed by atoms with Crippen molar-refractivity contribution in [2.45, 2.75) is 38.9 Å². The second-order valence-electron chi connectivity index (χ2n) is 7.38. The van der Waals surface area contributed by atoms with Gasteiger partial charge in [0.1, 0.15) is 0 Å². The van der Waals surface area contributed by atoms with Gasteiger partial charge in [-0.25, -0.2) is 9.78 Å². The number of hydrogen-bond donors (Lipinski definition) is 0. The Morgan fingerprint density at radius 3 is 2.37 bits per heavy atom. The largest absolute Gasteiger partial charge is 0.332 e. The summed E-state index contributed by atoms with van der Waals surface area (Å²) in [6, 6.07) is 8.26. The lowest BCUT2D eigenvalue weighted by Crippen LogP contribution is -2.37. The second-order valence-corrected chi connectivity index (χ2v) is 8.44. The summed E-state index contributed by atoms with van der Waals surface area (Å²) in [6.45, 7) is 6.98. The van der Waals surface area contributed by atoms with Crippen LogP contribution in [0.2, 0.25) is 0 Å². The van der Waals surface area contributed by atoms with Crippen LogP contribution in [-0.2, 0) is 20.6 Å². The number of thioether (sulfide) groups is 1. The van der Waals surface area contributed by atoms with Crippen LogP contribution in [0.4, 0.5) is 0 Å². The molecule has 0 amide bonds. The van der Waals surface area contributed by atoms with E-state index in [9.17, 15) is 9.59 Å². The molecule has 0 bridgehead atoms. The predicted octanol–water partition coefficient (Wildman–Crippen LogP) is 2.93. The zero-order valence-corrected chi connectivity index (χ0v) is 17.3. The van der Waals surface area contributed by atoms with Crippen LogP contribution in [0.25, 0.3) is 11.2 Å². The van der Waals surface area contributed by atoms with Crippen molar-refractivity contribution in [2.75, 3.05) is 5.75 Å². The van der Waals surface area contributed by atoms with Crippen LogP contribution in [0.15, 0.2) is 39.0 Å². The van der Waals surface area contributed by atoms with Gasteiger partial charge in [-0.3, -0.25) is 13.9 Å². The third-order valence-corrected chi connectivity index (χ3v) is 5.71. The summed E-state index contributed by atoms with van der Waals surface area (Å²) in [4.78, 5) is 29.8. The Bertz CT molecular complexity index is 1070. The Labute approximate surface area is 162 Å². The van der Waals surface area contributed by atoms with Crippen molar-refractivity contribution in [3.05, 3.63) is 56.2 Å². The summed E-state index contributed by atoms with van der Waals surface area (Å²) in [5, 5.41) is 0.782. The number of hydrogen-bond acceptors (Lipinski definition) is 4. The number of aryl methyl sites for hydroxylation is 2. The lowest BCUT2D eigenvalue weighted by atomic mass is 10.1. The van der Waals surface area contributed by atoms with E-state index in [2.05, 4.69) is 50.0 Å². The molecular formula is C20H26N4O2S. The SMILES string of the molecule is Cc1ccc(Cn2c(SCCC(C)C)nc3c2c(=O)n(C)c(=O)n3C)cc1. The Hall–Kier alpha value is -2.28. The fraction of sp³-hybridized carbons (Fsp3) is 0.450. The van der Waals surface area contributed by atoms with Gasteiger partial charge < -0.3 is 4.57 Å². The van der Waals surface area contributed by atoms with Crippen LogP contribution in [0.1, 0.15) is 31.4 Å². The minimum atomic E-state index is -0.355. The molecule has 144 valence electrons. The maximum atomic E-state index is 12.8. The number of fused-ring (bicyclic) bond motifs is 1. The zero-order valence-electron chi connectivity index (χ0n) is 16.5. The monoisotopic (exact) mass is 386 g/mol. The fourth-order valence-corrected chi connectivity index (χ4v) is 4.18. The van der Waals surface area contributed by atoms with E-state index < -0.39 is 0 Å². The van der Waals surface area contributed by atoms with Gasteiger partial charge in [-0.2, -0.15) is 0 Å². The van der Waals surface area contributed by atoms with E-state index in [4.69, 9.17) is 0 Å². The molecule has 3 aromatic rings. The lowest BCUT2D eigenvalue weighted by Gasteiger charge is -2.10. The van der Waals surface area contributed by atoms with Crippen LogP contribution in [-0.4, -0.2) is 24.4 Å². The Morgan fingerprint density at radius 2 is 1.74 bits per heavy atom. The third kappa shape index (κ3) is 3.88. The van der Waals surface area contributed by atoms with E-state index in [0.717, 1.165) is 27.5 Å². The van der Waals surface area contributed by atoms with Gasteiger partial charge in [-0.15, -0.1) is 0 Å². The van der Waals surface area contributed by atoms with E-state index in [-0.39, 0.29) is 11.2 Å². The number of benzene rings is 1. The molecule has 7 heteroatoms. The van der Waals surface area contributed by atoms with Crippen LogP contribution in [0.5, 0.6) is 0 Å². The average Bonchev–Trinajstić information content (AvgIpc) is 2.98.